The molecule has 0 saturated carbocycles. The highest BCUT2D eigenvalue weighted by atomic mass is 16.7. The zero-order valence-electron chi connectivity index (χ0n) is 20.0. The van der Waals surface area contributed by atoms with Crippen molar-refractivity contribution in [2.24, 2.45) is 11.8 Å². The normalized spacial score (nSPS) is 38.0. The second kappa shape index (κ2) is 11.5. The number of aliphatic carboxylic acids is 1. The number of carboxylic acids is 1. The monoisotopic (exact) mass is 478 g/mol. The Morgan fingerprint density at radius 1 is 1.09 bits per heavy atom. The van der Waals surface area contributed by atoms with E-state index in [0.717, 1.165) is 12.0 Å². The van der Waals surface area contributed by atoms with Crippen molar-refractivity contribution in [2.75, 3.05) is 6.61 Å². The number of ether oxygens (including phenoxy) is 4. The highest BCUT2D eigenvalue weighted by molar-refractivity contribution is 5.67. The average molecular weight is 479 g/mol. The van der Waals surface area contributed by atoms with E-state index in [0.29, 0.717) is 32.3 Å². The number of hydrogen-bond acceptors (Lipinski definition) is 7. The number of fused-ring (bicyclic) bond motifs is 1. The van der Waals surface area contributed by atoms with Gasteiger partial charge < -0.3 is 34.3 Å². The fraction of sp³-hybridized carbons (Fsp3) is 0.731. The fourth-order valence-corrected chi connectivity index (χ4v) is 5.66. The van der Waals surface area contributed by atoms with Gasteiger partial charge in [0, 0.05) is 12.0 Å². The Morgan fingerprint density at radius 3 is 2.59 bits per heavy atom. The summed E-state index contributed by atoms with van der Waals surface area (Å²) in [6, 6.07) is 9.78. The van der Waals surface area contributed by atoms with Crippen LogP contribution in [0.5, 0.6) is 0 Å². The molecule has 1 aromatic rings. The van der Waals surface area contributed by atoms with E-state index in [-0.39, 0.29) is 42.7 Å². The molecule has 3 saturated heterocycles. The van der Waals surface area contributed by atoms with Crippen molar-refractivity contribution in [1.82, 2.24) is 0 Å². The molecule has 1 aromatic carbocycles. The van der Waals surface area contributed by atoms with E-state index in [4.69, 9.17) is 24.1 Å². The lowest BCUT2D eigenvalue weighted by Gasteiger charge is -2.36. The van der Waals surface area contributed by atoms with E-state index in [2.05, 4.69) is 6.92 Å². The SMILES string of the molecule is C[C@H](CC(=O)O)[C@@H]1O[C@@H](C[C@H](O)C[C@@H]2O[C@@H]3CO[C@@H](c4ccccc4)O[C@H]3CC[C@H]2O)C[C@@H]1C. The summed E-state index contributed by atoms with van der Waals surface area (Å²) in [7, 11) is 0. The van der Waals surface area contributed by atoms with Gasteiger partial charge >= 0.3 is 5.97 Å². The van der Waals surface area contributed by atoms with E-state index in [1.807, 2.05) is 37.3 Å². The Labute approximate surface area is 201 Å². The molecule has 3 heterocycles. The molecule has 190 valence electrons. The maximum atomic E-state index is 11.1. The predicted molar refractivity (Wildman–Crippen MR) is 123 cm³/mol. The molecule has 0 radical (unpaired) electrons. The van der Waals surface area contributed by atoms with Crippen molar-refractivity contribution >= 4 is 5.97 Å². The van der Waals surface area contributed by atoms with E-state index in [9.17, 15) is 15.0 Å². The van der Waals surface area contributed by atoms with Crippen molar-refractivity contribution < 1.29 is 39.1 Å². The van der Waals surface area contributed by atoms with Crippen LogP contribution in [0.4, 0.5) is 0 Å². The molecule has 0 aliphatic carbocycles. The molecular formula is C26H38O8. The van der Waals surface area contributed by atoms with Crippen molar-refractivity contribution in [3.05, 3.63) is 35.9 Å². The molecule has 8 heteroatoms. The minimum atomic E-state index is -0.824. The van der Waals surface area contributed by atoms with Crippen LogP contribution in [0.2, 0.25) is 0 Å². The van der Waals surface area contributed by atoms with Crippen LogP contribution in [-0.2, 0) is 23.7 Å². The Balaban J connectivity index is 1.28. The number of hydrogen-bond donors (Lipinski definition) is 3. The average Bonchev–Trinajstić information content (AvgIpc) is 3.09. The lowest BCUT2D eigenvalue weighted by molar-refractivity contribution is -0.271. The largest absolute Gasteiger partial charge is 0.481 e. The zero-order valence-corrected chi connectivity index (χ0v) is 20.0. The quantitative estimate of drug-likeness (QED) is 0.522. The molecule has 4 rings (SSSR count). The molecule has 0 spiro atoms. The fourth-order valence-electron chi connectivity index (χ4n) is 5.66. The van der Waals surface area contributed by atoms with Gasteiger partial charge in [-0.2, -0.15) is 0 Å². The number of carbonyl (C=O) groups is 1. The molecule has 0 aromatic heterocycles. The summed E-state index contributed by atoms with van der Waals surface area (Å²) in [4.78, 5) is 11.1. The van der Waals surface area contributed by atoms with Crippen LogP contribution in [0.25, 0.3) is 0 Å². The highest BCUT2D eigenvalue weighted by Crippen LogP contribution is 2.36. The molecule has 3 aliphatic rings. The predicted octanol–water partition coefficient (Wildman–Crippen LogP) is 3.05. The topological polar surface area (TPSA) is 115 Å². The summed E-state index contributed by atoms with van der Waals surface area (Å²) in [6.45, 7) is 4.34. The Morgan fingerprint density at radius 2 is 1.85 bits per heavy atom. The first kappa shape index (κ1) is 25.5. The molecule has 0 amide bonds. The smallest absolute Gasteiger partial charge is 0.303 e. The van der Waals surface area contributed by atoms with Gasteiger partial charge in [-0.1, -0.05) is 44.2 Å². The minimum absolute atomic E-state index is 0.0736. The van der Waals surface area contributed by atoms with Gasteiger partial charge in [-0.15, -0.1) is 0 Å². The third-order valence-electron chi connectivity index (χ3n) is 7.36. The van der Waals surface area contributed by atoms with Crippen LogP contribution in [0.15, 0.2) is 30.3 Å². The minimum Gasteiger partial charge on any atom is -0.481 e. The van der Waals surface area contributed by atoms with Crippen molar-refractivity contribution in [3.63, 3.8) is 0 Å². The van der Waals surface area contributed by atoms with E-state index >= 15 is 0 Å². The van der Waals surface area contributed by atoms with Gasteiger partial charge in [-0.3, -0.25) is 4.79 Å². The first-order chi connectivity index (χ1) is 16.3. The van der Waals surface area contributed by atoms with Gasteiger partial charge in [0.05, 0.1) is 49.7 Å². The molecule has 3 aliphatic heterocycles. The molecule has 3 fully saturated rings. The Bertz CT molecular complexity index is 788. The summed E-state index contributed by atoms with van der Waals surface area (Å²) in [5.41, 5.74) is 0.958. The second-order valence-corrected chi connectivity index (χ2v) is 10.2. The number of carboxylic acid groups (broad SMARTS) is 1. The molecular weight excluding hydrogens is 440 g/mol. The Hall–Kier alpha value is -1.55. The molecule has 34 heavy (non-hydrogen) atoms. The van der Waals surface area contributed by atoms with Crippen LogP contribution in [0.1, 0.15) is 64.2 Å². The molecule has 3 N–H and O–H groups in total. The second-order valence-electron chi connectivity index (χ2n) is 10.2. The maximum absolute atomic E-state index is 11.1. The van der Waals surface area contributed by atoms with Crippen molar-refractivity contribution in [1.29, 1.82) is 0 Å². The van der Waals surface area contributed by atoms with Crippen LogP contribution < -0.4 is 0 Å². The number of aliphatic hydroxyl groups excluding tert-OH is 2. The molecule has 10 atom stereocenters. The number of rotatable bonds is 8. The first-order valence-electron chi connectivity index (χ1n) is 12.5. The molecule has 0 unspecified atom stereocenters. The Kier molecular flexibility index (Phi) is 8.61. The van der Waals surface area contributed by atoms with Crippen LogP contribution >= 0.6 is 0 Å². The van der Waals surface area contributed by atoms with Crippen molar-refractivity contribution in [2.45, 2.75) is 101 Å². The van der Waals surface area contributed by atoms with Gasteiger partial charge in [0.25, 0.3) is 0 Å². The summed E-state index contributed by atoms with van der Waals surface area (Å²) in [5.74, 6) is -0.666. The van der Waals surface area contributed by atoms with Gasteiger partial charge in [0.15, 0.2) is 6.29 Å². The lowest BCUT2D eigenvalue weighted by Crippen LogP contribution is -2.43. The summed E-state index contributed by atoms with van der Waals surface area (Å²) < 4.78 is 24.4. The van der Waals surface area contributed by atoms with Crippen LogP contribution in [0, 0.1) is 11.8 Å². The number of aliphatic hydroxyl groups is 2. The van der Waals surface area contributed by atoms with Crippen LogP contribution in [-0.4, -0.2) is 70.6 Å². The first-order valence-corrected chi connectivity index (χ1v) is 12.5. The van der Waals surface area contributed by atoms with E-state index in [1.165, 1.54) is 0 Å². The van der Waals surface area contributed by atoms with Gasteiger partial charge in [0.2, 0.25) is 0 Å². The van der Waals surface area contributed by atoms with E-state index < -0.39 is 30.6 Å². The van der Waals surface area contributed by atoms with Gasteiger partial charge in [-0.25, -0.2) is 0 Å². The van der Waals surface area contributed by atoms with Gasteiger partial charge in [0.1, 0.15) is 6.10 Å². The molecule has 0 bridgehead atoms. The summed E-state index contributed by atoms with van der Waals surface area (Å²) in [5, 5.41) is 30.6. The lowest BCUT2D eigenvalue weighted by atomic mass is 9.89. The van der Waals surface area contributed by atoms with E-state index in [1.54, 1.807) is 0 Å². The zero-order chi connectivity index (χ0) is 24.2. The van der Waals surface area contributed by atoms with Crippen molar-refractivity contribution in [3.8, 4) is 0 Å². The highest BCUT2D eigenvalue weighted by Gasteiger charge is 2.41. The third-order valence-corrected chi connectivity index (χ3v) is 7.36. The number of benzene rings is 1. The summed E-state index contributed by atoms with van der Waals surface area (Å²) >= 11 is 0. The third kappa shape index (κ3) is 6.36. The summed E-state index contributed by atoms with van der Waals surface area (Å²) in [6.07, 6.45) is -0.257. The standard InChI is InChI=1S/C26H38O8/c1-15-10-19(32-25(15)16(2)11-24(29)30)12-18(27)13-22-20(28)8-9-21-23(33-22)14-31-26(34-21)17-6-4-3-5-7-17/h3-7,15-16,18-23,25-28H,8-14H2,1-2H3,(H,29,30)/t15-,16+,18-,19+,20+,21-,22-,23+,25+,26+/m0/s1. The molecule has 8 nitrogen and oxygen atoms in total. The van der Waals surface area contributed by atoms with Crippen LogP contribution in [0.3, 0.4) is 0 Å². The maximum Gasteiger partial charge on any atom is 0.303 e. The van der Waals surface area contributed by atoms with Gasteiger partial charge in [-0.05, 0) is 37.5 Å².